The minimum Gasteiger partial charge on any atom is -0.390 e. The number of aliphatic hydroxyl groups excluding tert-OH is 1. The van der Waals surface area contributed by atoms with E-state index in [2.05, 4.69) is 6.07 Å². The largest absolute Gasteiger partial charge is 0.390 e. The van der Waals surface area contributed by atoms with Crippen LogP contribution < -0.4 is 4.90 Å². The third-order valence-corrected chi connectivity index (χ3v) is 7.17. The quantitative estimate of drug-likeness (QED) is 0.616. The molecule has 1 N–H and O–H groups in total. The van der Waals surface area contributed by atoms with Crippen molar-refractivity contribution in [2.75, 3.05) is 24.5 Å². The number of nitrogens with zero attached hydrogens (tertiary/aromatic N) is 6. The maximum absolute atomic E-state index is 13.5. The molecule has 8 nitrogen and oxygen atoms in total. The predicted octanol–water partition coefficient (Wildman–Crippen LogP) is 3.69. The molecule has 0 radical (unpaired) electrons. The van der Waals surface area contributed by atoms with Gasteiger partial charge in [-0.15, -0.1) is 0 Å². The summed E-state index contributed by atoms with van der Waals surface area (Å²) in [7, 11) is 0. The molecule has 0 bridgehead atoms. The third-order valence-electron chi connectivity index (χ3n) is 6.84. The fourth-order valence-electron chi connectivity index (χ4n) is 5.03. The summed E-state index contributed by atoms with van der Waals surface area (Å²) in [4.78, 5) is 22.1. The van der Waals surface area contributed by atoms with E-state index in [1.54, 1.807) is 10.6 Å². The highest BCUT2D eigenvalue weighted by atomic mass is 35.5. The van der Waals surface area contributed by atoms with Gasteiger partial charge in [0.1, 0.15) is 5.82 Å². The van der Waals surface area contributed by atoms with E-state index in [9.17, 15) is 15.2 Å². The SMILES string of the molecule is Cc1ccc(Cl)c(C(=O)N2CCCC[C@H]2c2cc3nc(N4C[C@@H](C#N)[C@@H](O)C4)c(C)cn3n2)c1. The van der Waals surface area contributed by atoms with E-state index in [0.29, 0.717) is 35.9 Å². The molecular weight excluding hydrogens is 452 g/mol. The third kappa shape index (κ3) is 3.99. The summed E-state index contributed by atoms with van der Waals surface area (Å²) in [5, 5.41) is 24.7. The Morgan fingerprint density at radius 3 is 2.82 bits per heavy atom. The number of hydrogen-bond acceptors (Lipinski definition) is 6. The predicted molar refractivity (Wildman–Crippen MR) is 129 cm³/mol. The van der Waals surface area contributed by atoms with E-state index < -0.39 is 12.0 Å². The molecular formula is C25H27ClN6O2. The van der Waals surface area contributed by atoms with Crippen molar-refractivity contribution < 1.29 is 9.90 Å². The highest BCUT2D eigenvalue weighted by Gasteiger charge is 2.34. The number of β-amino-alcohol motifs (C(OH)–C–C–N with tert-alkyl or cyclic N) is 1. The minimum atomic E-state index is -0.682. The molecule has 1 amide bonds. The number of carbonyl (C=O) groups is 1. The van der Waals surface area contributed by atoms with Gasteiger partial charge in [-0.3, -0.25) is 4.79 Å². The molecule has 9 heteroatoms. The molecule has 176 valence electrons. The van der Waals surface area contributed by atoms with Crippen LogP contribution in [0, 0.1) is 31.1 Å². The molecule has 0 aliphatic carbocycles. The lowest BCUT2D eigenvalue weighted by atomic mass is 9.98. The number of carbonyl (C=O) groups excluding carboxylic acids is 1. The van der Waals surface area contributed by atoms with Gasteiger partial charge in [0, 0.05) is 37.5 Å². The van der Waals surface area contributed by atoms with Crippen LogP contribution >= 0.6 is 11.6 Å². The topological polar surface area (TPSA) is 97.8 Å². The van der Waals surface area contributed by atoms with Gasteiger partial charge in [0.2, 0.25) is 0 Å². The van der Waals surface area contributed by atoms with E-state index >= 15 is 0 Å². The van der Waals surface area contributed by atoms with Crippen molar-refractivity contribution in [1.82, 2.24) is 19.5 Å². The van der Waals surface area contributed by atoms with Crippen molar-refractivity contribution in [3.63, 3.8) is 0 Å². The number of rotatable bonds is 3. The van der Waals surface area contributed by atoms with Gasteiger partial charge < -0.3 is 14.9 Å². The van der Waals surface area contributed by atoms with Gasteiger partial charge in [0.05, 0.1) is 40.4 Å². The first-order valence-electron chi connectivity index (χ1n) is 11.6. The molecule has 2 aliphatic heterocycles. The van der Waals surface area contributed by atoms with Gasteiger partial charge in [0.25, 0.3) is 5.91 Å². The van der Waals surface area contributed by atoms with Crippen LogP contribution in [-0.2, 0) is 0 Å². The second kappa shape index (κ2) is 8.90. The summed E-state index contributed by atoms with van der Waals surface area (Å²) in [5.41, 5.74) is 3.91. The molecule has 34 heavy (non-hydrogen) atoms. The molecule has 2 saturated heterocycles. The summed E-state index contributed by atoms with van der Waals surface area (Å²) >= 11 is 6.38. The number of nitriles is 1. The van der Waals surface area contributed by atoms with Gasteiger partial charge in [-0.05, 0) is 45.2 Å². The number of piperidine rings is 1. The normalized spacial score (nSPS) is 22.9. The average molecular weight is 479 g/mol. The second-order valence-corrected chi connectivity index (χ2v) is 9.73. The van der Waals surface area contributed by atoms with E-state index in [0.717, 1.165) is 41.9 Å². The Morgan fingerprint density at radius 2 is 2.06 bits per heavy atom. The van der Waals surface area contributed by atoms with Crippen LogP contribution in [0.25, 0.3) is 5.65 Å². The average Bonchev–Trinajstić information content (AvgIpc) is 3.42. The summed E-state index contributed by atoms with van der Waals surface area (Å²) < 4.78 is 1.75. The number of fused-ring (bicyclic) bond motifs is 1. The van der Waals surface area contributed by atoms with Crippen molar-refractivity contribution in [3.8, 4) is 6.07 Å². The van der Waals surface area contributed by atoms with Crippen LogP contribution in [-0.4, -0.2) is 56.2 Å². The molecule has 2 aliphatic rings. The first kappa shape index (κ1) is 22.6. The van der Waals surface area contributed by atoms with E-state index in [1.807, 2.05) is 48.0 Å². The number of aryl methyl sites for hydroxylation is 2. The van der Waals surface area contributed by atoms with E-state index in [1.165, 1.54) is 0 Å². The van der Waals surface area contributed by atoms with Crippen LogP contribution in [0.2, 0.25) is 5.02 Å². The van der Waals surface area contributed by atoms with Crippen molar-refractivity contribution in [3.05, 3.63) is 57.9 Å². The zero-order valence-corrected chi connectivity index (χ0v) is 20.0. The Kier molecular flexibility index (Phi) is 5.92. The molecule has 2 aromatic heterocycles. The molecule has 3 atom stereocenters. The Labute approximate surface area is 203 Å². The number of aromatic nitrogens is 3. The summed E-state index contributed by atoms with van der Waals surface area (Å²) in [6, 6.07) is 9.47. The molecule has 5 rings (SSSR count). The van der Waals surface area contributed by atoms with Crippen molar-refractivity contribution in [1.29, 1.82) is 5.26 Å². The molecule has 0 spiro atoms. The number of aliphatic hydroxyl groups is 1. The first-order valence-corrected chi connectivity index (χ1v) is 12.0. The Morgan fingerprint density at radius 1 is 1.24 bits per heavy atom. The Hall–Kier alpha value is -3.15. The lowest BCUT2D eigenvalue weighted by molar-refractivity contribution is 0.0606. The summed E-state index contributed by atoms with van der Waals surface area (Å²) in [5.74, 6) is 0.251. The van der Waals surface area contributed by atoms with Crippen LogP contribution in [0.1, 0.15) is 52.5 Å². The first-order chi connectivity index (χ1) is 16.4. The van der Waals surface area contributed by atoms with Crippen molar-refractivity contribution >= 4 is 29.0 Å². The molecule has 1 aromatic carbocycles. The number of anilines is 1. The number of benzene rings is 1. The number of hydrogen-bond donors (Lipinski definition) is 1. The second-order valence-electron chi connectivity index (χ2n) is 9.32. The zero-order chi connectivity index (χ0) is 24.0. The van der Waals surface area contributed by atoms with Gasteiger partial charge in [0.15, 0.2) is 5.65 Å². The standard InChI is InChI=1S/C25H27ClN6O2/c1-15-6-7-19(26)18(9-15)25(34)31-8-4-3-5-21(31)20-10-23-28-24(16(2)12-32(23)29-20)30-13-17(11-27)22(33)14-30/h6-7,9-10,12,17,21-22,33H,3-5,8,13-14H2,1-2H3/t17-,21+,22+/m1/s1. The van der Waals surface area contributed by atoms with E-state index in [-0.39, 0.29) is 11.9 Å². The lowest BCUT2D eigenvalue weighted by Crippen LogP contribution is -2.38. The summed E-state index contributed by atoms with van der Waals surface area (Å²) in [6.45, 7) is 5.38. The lowest BCUT2D eigenvalue weighted by Gasteiger charge is -2.35. The maximum atomic E-state index is 13.5. The number of halogens is 1. The maximum Gasteiger partial charge on any atom is 0.255 e. The van der Waals surface area contributed by atoms with Gasteiger partial charge >= 0.3 is 0 Å². The van der Waals surface area contributed by atoms with Gasteiger partial charge in [-0.2, -0.15) is 10.4 Å². The van der Waals surface area contributed by atoms with Crippen molar-refractivity contribution in [2.24, 2.45) is 5.92 Å². The monoisotopic (exact) mass is 478 g/mol. The fraction of sp³-hybridized carbons (Fsp3) is 0.440. The molecule has 0 saturated carbocycles. The van der Waals surface area contributed by atoms with Crippen LogP contribution in [0.3, 0.4) is 0 Å². The number of likely N-dealkylation sites (tertiary alicyclic amines) is 1. The zero-order valence-electron chi connectivity index (χ0n) is 19.3. The molecule has 3 aromatic rings. The smallest absolute Gasteiger partial charge is 0.255 e. The van der Waals surface area contributed by atoms with Crippen molar-refractivity contribution in [2.45, 2.75) is 45.3 Å². The van der Waals surface area contributed by atoms with Crippen LogP contribution in [0.4, 0.5) is 5.82 Å². The molecule has 2 fully saturated rings. The van der Waals surface area contributed by atoms with Crippen LogP contribution in [0.15, 0.2) is 30.5 Å². The van der Waals surface area contributed by atoms with Gasteiger partial charge in [-0.25, -0.2) is 9.50 Å². The van der Waals surface area contributed by atoms with Crippen LogP contribution in [0.5, 0.6) is 0 Å². The summed E-state index contributed by atoms with van der Waals surface area (Å²) in [6.07, 6.45) is 4.02. The highest BCUT2D eigenvalue weighted by Crippen LogP contribution is 2.34. The Bertz CT molecular complexity index is 1300. The van der Waals surface area contributed by atoms with Gasteiger partial charge in [-0.1, -0.05) is 23.2 Å². The molecule has 4 heterocycles. The Balaban J connectivity index is 1.47. The minimum absolute atomic E-state index is 0.0751. The number of amides is 1. The highest BCUT2D eigenvalue weighted by molar-refractivity contribution is 6.33. The molecule has 0 unspecified atom stereocenters. The van der Waals surface area contributed by atoms with E-state index in [4.69, 9.17) is 21.7 Å². The fourth-order valence-corrected chi connectivity index (χ4v) is 5.23.